The fraction of sp³-hybridized carbons (Fsp3) is 0.778. The van der Waals surface area contributed by atoms with Gasteiger partial charge in [0.2, 0.25) is 0 Å². The maximum atomic E-state index is 10.9. The molecule has 0 saturated carbocycles. The van der Waals surface area contributed by atoms with Crippen LogP contribution in [0, 0.1) is 5.92 Å². The minimum absolute atomic E-state index is 0.110. The molecule has 0 aliphatic rings. The van der Waals surface area contributed by atoms with Crippen molar-refractivity contribution >= 4 is 11.8 Å². The van der Waals surface area contributed by atoms with Crippen molar-refractivity contribution in [2.75, 3.05) is 6.61 Å². The van der Waals surface area contributed by atoms with E-state index in [-0.39, 0.29) is 24.3 Å². The van der Waals surface area contributed by atoms with Crippen LogP contribution in [0.3, 0.4) is 0 Å². The second-order valence-electron chi connectivity index (χ2n) is 2.96. The lowest BCUT2D eigenvalue weighted by atomic mass is 10.2. The van der Waals surface area contributed by atoms with Crippen LogP contribution in [0.25, 0.3) is 0 Å². The number of ether oxygens (including phenoxy) is 1. The Hall–Kier alpha value is -0.860. The third kappa shape index (κ3) is 4.88. The molecule has 3 heteroatoms. The lowest BCUT2D eigenvalue weighted by molar-refractivity contribution is -0.147. The van der Waals surface area contributed by atoms with Gasteiger partial charge in [-0.15, -0.1) is 0 Å². The molecule has 0 bridgehead atoms. The fourth-order valence-electron chi connectivity index (χ4n) is 0.609. The third-order valence-corrected chi connectivity index (χ3v) is 1.49. The Morgan fingerprint density at radius 2 is 1.92 bits per heavy atom. The molecule has 0 spiro atoms. The first kappa shape index (κ1) is 11.1. The summed E-state index contributed by atoms with van der Waals surface area (Å²) in [5, 5.41) is 0. The summed E-state index contributed by atoms with van der Waals surface area (Å²) in [6.45, 7) is 5.56. The van der Waals surface area contributed by atoms with Gasteiger partial charge in [0, 0.05) is 12.8 Å². The average Bonchev–Trinajstić information content (AvgIpc) is 2.03. The number of esters is 1. The van der Waals surface area contributed by atoms with Crippen LogP contribution in [0.15, 0.2) is 0 Å². The largest absolute Gasteiger partial charge is 0.465 e. The van der Waals surface area contributed by atoms with Gasteiger partial charge in [-0.05, 0) is 0 Å². The van der Waals surface area contributed by atoms with Gasteiger partial charge in [-0.25, -0.2) is 0 Å². The van der Waals surface area contributed by atoms with Crippen molar-refractivity contribution in [3.8, 4) is 0 Å². The quantitative estimate of drug-likeness (QED) is 0.591. The van der Waals surface area contributed by atoms with Crippen LogP contribution < -0.4 is 0 Å². The highest BCUT2D eigenvalue weighted by atomic mass is 16.5. The van der Waals surface area contributed by atoms with E-state index < -0.39 is 0 Å². The molecule has 0 atom stereocenters. The number of ketones is 1. The van der Waals surface area contributed by atoms with Crippen molar-refractivity contribution in [2.24, 2.45) is 5.92 Å². The Morgan fingerprint density at radius 1 is 1.33 bits per heavy atom. The molecular weight excluding hydrogens is 156 g/mol. The van der Waals surface area contributed by atoms with Gasteiger partial charge in [-0.1, -0.05) is 20.8 Å². The Labute approximate surface area is 73.1 Å². The standard InChI is InChI=1S/C9H16O3/c1-4-8(10)5-6-12-9(11)7(2)3/h7H,4-6H2,1-3H3. The highest BCUT2D eigenvalue weighted by Crippen LogP contribution is 1.97. The predicted octanol–water partition coefficient (Wildman–Crippen LogP) is 1.55. The van der Waals surface area contributed by atoms with Crippen LogP contribution in [-0.4, -0.2) is 18.4 Å². The molecule has 0 heterocycles. The minimum atomic E-state index is -0.237. The van der Waals surface area contributed by atoms with Crippen molar-refractivity contribution < 1.29 is 14.3 Å². The summed E-state index contributed by atoms with van der Waals surface area (Å²) in [7, 11) is 0. The summed E-state index contributed by atoms with van der Waals surface area (Å²) in [5.41, 5.74) is 0. The van der Waals surface area contributed by atoms with Gasteiger partial charge >= 0.3 is 5.97 Å². The molecule has 0 amide bonds. The summed E-state index contributed by atoms with van der Waals surface area (Å²) in [4.78, 5) is 21.7. The maximum Gasteiger partial charge on any atom is 0.308 e. The molecule has 0 radical (unpaired) electrons. The van der Waals surface area contributed by atoms with Crippen LogP contribution in [-0.2, 0) is 14.3 Å². The lowest BCUT2D eigenvalue weighted by Crippen LogP contribution is -2.14. The highest BCUT2D eigenvalue weighted by molar-refractivity contribution is 5.78. The number of carbonyl (C=O) groups excluding carboxylic acids is 2. The van der Waals surface area contributed by atoms with Gasteiger partial charge in [0.05, 0.1) is 12.5 Å². The molecule has 0 unspecified atom stereocenters. The van der Waals surface area contributed by atoms with E-state index in [2.05, 4.69) is 0 Å². The first-order valence-electron chi connectivity index (χ1n) is 4.26. The van der Waals surface area contributed by atoms with E-state index in [4.69, 9.17) is 4.74 Å². The van der Waals surface area contributed by atoms with Crippen LogP contribution in [0.4, 0.5) is 0 Å². The molecule has 12 heavy (non-hydrogen) atoms. The molecule has 0 N–H and O–H groups in total. The van der Waals surface area contributed by atoms with Gasteiger partial charge in [0.15, 0.2) is 0 Å². The predicted molar refractivity (Wildman–Crippen MR) is 45.7 cm³/mol. The fourth-order valence-corrected chi connectivity index (χ4v) is 0.609. The Bertz CT molecular complexity index is 161. The van der Waals surface area contributed by atoms with E-state index in [1.807, 2.05) is 0 Å². The van der Waals surface area contributed by atoms with Crippen LogP contribution in [0.5, 0.6) is 0 Å². The van der Waals surface area contributed by atoms with E-state index in [1.54, 1.807) is 20.8 Å². The number of hydrogen-bond acceptors (Lipinski definition) is 3. The first-order chi connectivity index (χ1) is 5.57. The zero-order valence-electron chi connectivity index (χ0n) is 7.92. The van der Waals surface area contributed by atoms with E-state index in [0.29, 0.717) is 12.8 Å². The van der Waals surface area contributed by atoms with Gasteiger partial charge in [0.1, 0.15) is 5.78 Å². The molecular formula is C9H16O3. The monoisotopic (exact) mass is 172 g/mol. The van der Waals surface area contributed by atoms with E-state index in [1.165, 1.54) is 0 Å². The zero-order valence-corrected chi connectivity index (χ0v) is 7.92. The minimum Gasteiger partial charge on any atom is -0.465 e. The summed E-state index contributed by atoms with van der Waals surface area (Å²) in [5.74, 6) is -0.216. The molecule has 0 aromatic heterocycles. The molecule has 0 aromatic rings. The van der Waals surface area contributed by atoms with Crippen LogP contribution >= 0.6 is 0 Å². The molecule has 0 fully saturated rings. The summed E-state index contributed by atoms with van der Waals surface area (Å²) >= 11 is 0. The van der Waals surface area contributed by atoms with E-state index in [0.717, 1.165) is 0 Å². The second kappa shape index (κ2) is 5.75. The smallest absolute Gasteiger partial charge is 0.308 e. The van der Waals surface area contributed by atoms with Gasteiger partial charge in [-0.3, -0.25) is 9.59 Å². The molecule has 0 aromatic carbocycles. The van der Waals surface area contributed by atoms with E-state index in [9.17, 15) is 9.59 Å². The molecule has 0 aliphatic carbocycles. The number of Topliss-reactive ketones (excluding diaryl/α,β-unsaturated/α-hetero) is 1. The molecule has 3 nitrogen and oxygen atoms in total. The van der Waals surface area contributed by atoms with Gasteiger partial charge < -0.3 is 4.74 Å². The van der Waals surface area contributed by atoms with Crippen LogP contribution in [0.2, 0.25) is 0 Å². The average molecular weight is 172 g/mol. The second-order valence-corrected chi connectivity index (χ2v) is 2.96. The molecule has 0 saturated heterocycles. The lowest BCUT2D eigenvalue weighted by Gasteiger charge is -2.05. The zero-order chi connectivity index (χ0) is 9.56. The Kier molecular flexibility index (Phi) is 5.34. The first-order valence-corrected chi connectivity index (χ1v) is 4.26. The van der Waals surface area contributed by atoms with Crippen molar-refractivity contribution in [2.45, 2.75) is 33.6 Å². The highest BCUT2D eigenvalue weighted by Gasteiger charge is 2.08. The third-order valence-electron chi connectivity index (χ3n) is 1.49. The van der Waals surface area contributed by atoms with Crippen molar-refractivity contribution in [3.63, 3.8) is 0 Å². The van der Waals surface area contributed by atoms with Crippen molar-refractivity contribution in [1.82, 2.24) is 0 Å². The van der Waals surface area contributed by atoms with E-state index >= 15 is 0 Å². The normalized spacial score (nSPS) is 10.0. The summed E-state index contributed by atoms with van der Waals surface area (Å²) < 4.78 is 4.82. The number of hydrogen-bond donors (Lipinski definition) is 0. The van der Waals surface area contributed by atoms with Crippen LogP contribution in [0.1, 0.15) is 33.6 Å². The Morgan fingerprint density at radius 3 is 2.33 bits per heavy atom. The SMILES string of the molecule is CCC(=O)CCOC(=O)C(C)C. The molecule has 0 rings (SSSR count). The maximum absolute atomic E-state index is 10.9. The molecule has 0 aliphatic heterocycles. The summed E-state index contributed by atoms with van der Waals surface area (Å²) in [6.07, 6.45) is 0.855. The number of rotatable bonds is 5. The van der Waals surface area contributed by atoms with Gasteiger partial charge in [-0.2, -0.15) is 0 Å². The van der Waals surface area contributed by atoms with Crippen molar-refractivity contribution in [1.29, 1.82) is 0 Å². The van der Waals surface area contributed by atoms with Crippen molar-refractivity contribution in [3.05, 3.63) is 0 Å². The topological polar surface area (TPSA) is 43.4 Å². The number of carbonyl (C=O) groups is 2. The Balaban J connectivity index is 3.44. The van der Waals surface area contributed by atoms with Gasteiger partial charge in [0.25, 0.3) is 0 Å². The molecule has 70 valence electrons. The summed E-state index contributed by atoms with van der Waals surface area (Å²) in [6, 6.07) is 0.